The predicted octanol–water partition coefficient (Wildman–Crippen LogP) is 4.41. The van der Waals surface area contributed by atoms with E-state index in [1.165, 1.54) is 9.80 Å². The van der Waals surface area contributed by atoms with Gasteiger partial charge in [-0.2, -0.15) is 0 Å². The van der Waals surface area contributed by atoms with Crippen molar-refractivity contribution in [2.24, 2.45) is 11.8 Å². The molecule has 1 fully saturated rings. The molecule has 1 aliphatic heterocycles. The molecule has 1 unspecified atom stereocenters. The molecule has 0 bridgehead atoms. The normalized spacial score (nSPS) is 19.3. The molecule has 2 aliphatic rings. The van der Waals surface area contributed by atoms with Gasteiger partial charge in [-0.3, -0.25) is 24.1 Å². The van der Waals surface area contributed by atoms with Crippen molar-refractivity contribution in [3.05, 3.63) is 81.9 Å². The van der Waals surface area contributed by atoms with Gasteiger partial charge in [0.05, 0.1) is 11.8 Å². The summed E-state index contributed by atoms with van der Waals surface area (Å²) in [6.07, 6.45) is 5.13. The summed E-state index contributed by atoms with van der Waals surface area (Å²) in [5.41, 5.74) is 1.53. The fourth-order valence-electron chi connectivity index (χ4n) is 5.12. The number of likely N-dealkylation sites (tertiary alicyclic amines) is 1. The van der Waals surface area contributed by atoms with E-state index in [-0.39, 0.29) is 55.0 Å². The number of hydrogen-bond donors (Lipinski definition) is 1. The molecule has 4 rings (SSSR count). The Labute approximate surface area is 232 Å². The van der Waals surface area contributed by atoms with Gasteiger partial charge in [0.1, 0.15) is 6.04 Å². The number of amides is 4. The van der Waals surface area contributed by atoms with Gasteiger partial charge in [-0.15, -0.1) is 0 Å². The maximum absolute atomic E-state index is 13.8. The van der Waals surface area contributed by atoms with Gasteiger partial charge in [0.15, 0.2) is 0 Å². The van der Waals surface area contributed by atoms with Crippen LogP contribution >= 0.6 is 23.2 Å². The molecule has 0 spiro atoms. The van der Waals surface area contributed by atoms with E-state index in [4.69, 9.17) is 23.2 Å². The first-order valence-electron chi connectivity index (χ1n) is 12.8. The Morgan fingerprint density at radius 3 is 2.29 bits per heavy atom. The van der Waals surface area contributed by atoms with Gasteiger partial charge in [0.25, 0.3) is 0 Å². The van der Waals surface area contributed by atoms with Gasteiger partial charge in [0.2, 0.25) is 23.6 Å². The van der Waals surface area contributed by atoms with Gasteiger partial charge < -0.3 is 10.2 Å². The summed E-state index contributed by atoms with van der Waals surface area (Å²) in [7, 11) is 0. The molecule has 2 aromatic rings. The first kappa shape index (κ1) is 27.9. The lowest BCUT2D eigenvalue weighted by atomic mass is 9.85. The molecule has 3 atom stereocenters. The zero-order chi connectivity index (χ0) is 27.2. The van der Waals surface area contributed by atoms with E-state index in [1.54, 1.807) is 18.2 Å². The van der Waals surface area contributed by atoms with Crippen LogP contribution in [0.25, 0.3) is 0 Å². The van der Waals surface area contributed by atoms with Crippen LogP contribution in [0.1, 0.15) is 37.3 Å². The minimum absolute atomic E-state index is 0.0260. The van der Waals surface area contributed by atoms with Gasteiger partial charge >= 0.3 is 0 Å². The van der Waals surface area contributed by atoms with Crippen molar-refractivity contribution in [1.29, 1.82) is 0 Å². The molecule has 0 radical (unpaired) electrons. The highest BCUT2D eigenvalue weighted by Crippen LogP contribution is 2.35. The van der Waals surface area contributed by atoms with Gasteiger partial charge in [-0.05, 0) is 43.0 Å². The number of rotatable bonds is 10. The second-order valence-corrected chi connectivity index (χ2v) is 10.4. The van der Waals surface area contributed by atoms with Crippen LogP contribution < -0.4 is 5.32 Å². The molecule has 200 valence electrons. The van der Waals surface area contributed by atoms with Crippen molar-refractivity contribution < 1.29 is 19.2 Å². The van der Waals surface area contributed by atoms with Crippen molar-refractivity contribution in [2.75, 3.05) is 13.1 Å². The minimum atomic E-state index is -0.826. The number of halogens is 2. The molecular weight excluding hydrogens is 525 g/mol. The largest absolute Gasteiger partial charge is 0.355 e. The molecule has 1 saturated heterocycles. The Balaban J connectivity index is 1.59. The molecule has 38 heavy (non-hydrogen) atoms. The molecule has 4 amide bonds. The number of carbonyl (C=O) groups is 4. The Kier molecular flexibility index (Phi) is 9.23. The molecule has 7 nitrogen and oxygen atoms in total. The molecule has 2 aromatic carbocycles. The Morgan fingerprint density at radius 2 is 1.68 bits per heavy atom. The third-order valence-electron chi connectivity index (χ3n) is 7.13. The van der Waals surface area contributed by atoms with Gasteiger partial charge in [-0.1, -0.05) is 71.8 Å². The summed E-state index contributed by atoms with van der Waals surface area (Å²) in [5.74, 6) is -1.81. The van der Waals surface area contributed by atoms with E-state index in [2.05, 4.69) is 5.32 Å². The van der Waals surface area contributed by atoms with Crippen molar-refractivity contribution in [3.63, 3.8) is 0 Å². The molecule has 0 saturated carbocycles. The number of carbonyl (C=O) groups excluding carboxylic acids is 4. The number of nitrogens with zero attached hydrogens (tertiary/aromatic N) is 2. The number of nitrogens with one attached hydrogen (secondary N) is 1. The van der Waals surface area contributed by atoms with Crippen molar-refractivity contribution in [2.45, 2.75) is 45.2 Å². The SMILES string of the molecule is CCNC(=O)C(Cc1ccccc1)N(Cc1ccc(Cl)cc1Cl)C(=O)CCN1C(=O)[C@H]2CC=CC[C@H]2C1=O. The van der Waals surface area contributed by atoms with Crippen LogP contribution in [0.2, 0.25) is 10.0 Å². The summed E-state index contributed by atoms with van der Waals surface area (Å²) in [4.78, 5) is 55.6. The summed E-state index contributed by atoms with van der Waals surface area (Å²) in [6.45, 7) is 2.27. The first-order valence-corrected chi connectivity index (χ1v) is 13.6. The Hall–Kier alpha value is -3.16. The maximum Gasteiger partial charge on any atom is 0.243 e. The Morgan fingerprint density at radius 1 is 1.03 bits per heavy atom. The van der Waals surface area contributed by atoms with E-state index < -0.39 is 6.04 Å². The van der Waals surface area contributed by atoms with Gasteiger partial charge in [-0.25, -0.2) is 0 Å². The van der Waals surface area contributed by atoms with Gasteiger partial charge in [0, 0.05) is 42.5 Å². The van der Waals surface area contributed by atoms with Crippen LogP contribution in [0, 0.1) is 11.8 Å². The molecule has 0 aromatic heterocycles. The molecule has 1 heterocycles. The van der Waals surface area contributed by atoms with Crippen molar-refractivity contribution >= 4 is 46.8 Å². The number of likely N-dealkylation sites (N-methyl/N-ethyl adjacent to an activating group) is 1. The second kappa shape index (κ2) is 12.6. The van der Waals surface area contributed by atoms with E-state index in [0.29, 0.717) is 41.4 Å². The zero-order valence-electron chi connectivity index (χ0n) is 21.2. The number of benzene rings is 2. The Bertz CT molecular complexity index is 1210. The number of hydrogen-bond acceptors (Lipinski definition) is 4. The third-order valence-corrected chi connectivity index (χ3v) is 7.71. The van der Waals surface area contributed by atoms with Crippen LogP contribution in [-0.2, 0) is 32.1 Å². The fourth-order valence-corrected chi connectivity index (χ4v) is 5.59. The topological polar surface area (TPSA) is 86.8 Å². The number of fused-ring (bicyclic) bond motifs is 1. The highest BCUT2D eigenvalue weighted by Gasteiger charge is 2.47. The van der Waals surface area contributed by atoms with E-state index in [0.717, 1.165) is 5.56 Å². The lowest BCUT2D eigenvalue weighted by Gasteiger charge is -2.32. The van der Waals surface area contributed by atoms with Crippen molar-refractivity contribution in [1.82, 2.24) is 15.1 Å². The quantitative estimate of drug-likeness (QED) is 0.347. The molecule has 1 N–H and O–H groups in total. The lowest BCUT2D eigenvalue weighted by molar-refractivity contribution is -0.144. The predicted molar refractivity (Wildman–Crippen MR) is 146 cm³/mol. The number of allylic oxidation sites excluding steroid dienone is 2. The summed E-state index contributed by atoms with van der Waals surface area (Å²) in [6, 6.07) is 13.6. The lowest BCUT2D eigenvalue weighted by Crippen LogP contribution is -2.51. The average molecular weight is 556 g/mol. The van der Waals surface area contributed by atoms with E-state index in [1.807, 2.05) is 49.4 Å². The summed E-state index contributed by atoms with van der Waals surface area (Å²) in [5, 5.41) is 3.69. The van der Waals surface area contributed by atoms with Crippen LogP contribution in [0.3, 0.4) is 0 Å². The molecule has 1 aliphatic carbocycles. The minimum Gasteiger partial charge on any atom is -0.355 e. The second-order valence-electron chi connectivity index (χ2n) is 9.59. The highest BCUT2D eigenvalue weighted by molar-refractivity contribution is 6.35. The zero-order valence-corrected chi connectivity index (χ0v) is 22.8. The smallest absolute Gasteiger partial charge is 0.243 e. The monoisotopic (exact) mass is 555 g/mol. The van der Waals surface area contributed by atoms with Crippen LogP contribution in [0.5, 0.6) is 0 Å². The average Bonchev–Trinajstić information content (AvgIpc) is 3.15. The summed E-state index contributed by atoms with van der Waals surface area (Å²) < 4.78 is 0. The third kappa shape index (κ3) is 6.27. The standard InChI is InChI=1S/C29H31Cl2N3O4/c1-2-32-27(36)25(16-19-8-4-3-5-9-19)34(18-20-12-13-21(30)17-24(20)31)26(35)14-15-33-28(37)22-10-6-7-11-23(22)29(33)38/h3-9,12-13,17,22-23,25H,2,10-11,14-16,18H2,1H3,(H,32,36)/t22-,23+,25?. The fraction of sp³-hybridized carbons (Fsp3) is 0.379. The van der Waals surface area contributed by atoms with Crippen LogP contribution in [-0.4, -0.2) is 52.6 Å². The molecule has 9 heteroatoms. The maximum atomic E-state index is 13.8. The highest BCUT2D eigenvalue weighted by atomic mass is 35.5. The molecular formula is C29H31Cl2N3O4. The van der Waals surface area contributed by atoms with Crippen molar-refractivity contribution in [3.8, 4) is 0 Å². The first-order chi connectivity index (χ1) is 18.3. The van der Waals surface area contributed by atoms with E-state index >= 15 is 0 Å². The summed E-state index contributed by atoms with van der Waals surface area (Å²) >= 11 is 12.5. The van der Waals surface area contributed by atoms with E-state index in [9.17, 15) is 19.2 Å². The van der Waals surface area contributed by atoms with Crippen LogP contribution in [0.15, 0.2) is 60.7 Å². The van der Waals surface area contributed by atoms with Crippen LogP contribution in [0.4, 0.5) is 0 Å². The number of imide groups is 1.